The molecule has 0 saturated carbocycles. The monoisotopic (exact) mass is 171 g/mol. The number of rotatable bonds is 1. The van der Waals surface area contributed by atoms with E-state index in [2.05, 4.69) is 17.1 Å². The summed E-state index contributed by atoms with van der Waals surface area (Å²) in [5, 5.41) is 3.62. The molecule has 2 fully saturated rings. The van der Waals surface area contributed by atoms with Gasteiger partial charge >= 0.3 is 0 Å². The smallest absolute Gasteiger partial charge is 0.00963 e. The van der Waals surface area contributed by atoms with Crippen LogP contribution >= 0.6 is 11.8 Å². The molecule has 2 saturated heterocycles. The van der Waals surface area contributed by atoms with Gasteiger partial charge in [0, 0.05) is 6.04 Å². The Bertz CT molecular complexity index is 115. The molecule has 64 valence electrons. The SMILES string of the molecule is C1CNC(C2CCSCC2)C1. The van der Waals surface area contributed by atoms with Crippen LogP contribution in [0.4, 0.5) is 0 Å². The zero-order chi connectivity index (χ0) is 7.52. The van der Waals surface area contributed by atoms with E-state index >= 15 is 0 Å². The fourth-order valence-corrected chi connectivity index (χ4v) is 3.38. The Labute approximate surface area is 73.3 Å². The maximum Gasteiger partial charge on any atom is 0.00963 e. The van der Waals surface area contributed by atoms with Gasteiger partial charge in [0.1, 0.15) is 0 Å². The quantitative estimate of drug-likeness (QED) is 0.646. The molecule has 2 rings (SSSR count). The average Bonchev–Trinajstić information content (AvgIpc) is 2.58. The van der Waals surface area contributed by atoms with Crippen molar-refractivity contribution in [3.05, 3.63) is 0 Å². The Hall–Kier alpha value is 0.310. The molecule has 1 atom stereocenters. The standard InChI is InChI=1S/C9H17NS/c1-2-9(10-5-1)8-3-6-11-7-4-8/h8-10H,1-7H2. The van der Waals surface area contributed by atoms with Crippen molar-refractivity contribution in [3.63, 3.8) is 0 Å². The molecule has 2 aliphatic heterocycles. The van der Waals surface area contributed by atoms with Crippen LogP contribution in [0.5, 0.6) is 0 Å². The van der Waals surface area contributed by atoms with E-state index in [4.69, 9.17) is 0 Å². The molecule has 0 aromatic rings. The highest BCUT2D eigenvalue weighted by atomic mass is 32.2. The summed E-state index contributed by atoms with van der Waals surface area (Å²) in [6.07, 6.45) is 5.77. The number of nitrogens with one attached hydrogen (secondary N) is 1. The van der Waals surface area contributed by atoms with Crippen LogP contribution in [0.25, 0.3) is 0 Å². The Kier molecular flexibility index (Phi) is 2.75. The molecule has 0 aromatic carbocycles. The molecule has 0 radical (unpaired) electrons. The zero-order valence-corrected chi connectivity index (χ0v) is 7.83. The first-order valence-electron chi connectivity index (χ1n) is 4.78. The van der Waals surface area contributed by atoms with Crippen LogP contribution in [0.15, 0.2) is 0 Å². The molecule has 1 N–H and O–H groups in total. The van der Waals surface area contributed by atoms with E-state index in [-0.39, 0.29) is 0 Å². The normalized spacial score (nSPS) is 34.4. The van der Waals surface area contributed by atoms with Gasteiger partial charge in [-0.15, -0.1) is 0 Å². The summed E-state index contributed by atoms with van der Waals surface area (Å²) in [5.41, 5.74) is 0. The third-order valence-corrected chi connectivity index (χ3v) is 3.98. The van der Waals surface area contributed by atoms with E-state index in [1.807, 2.05) is 0 Å². The number of hydrogen-bond donors (Lipinski definition) is 1. The Morgan fingerprint density at radius 1 is 1.09 bits per heavy atom. The molecule has 0 aliphatic carbocycles. The first kappa shape index (κ1) is 7.93. The highest BCUT2D eigenvalue weighted by Gasteiger charge is 2.25. The fraction of sp³-hybridized carbons (Fsp3) is 1.00. The maximum atomic E-state index is 3.62. The van der Waals surface area contributed by atoms with Crippen LogP contribution in [0.2, 0.25) is 0 Å². The summed E-state index contributed by atoms with van der Waals surface area (Å²) < 4.78 is 0. The largest absolute Gasteiger partial charge is 0.314 e. The third-order valence-electron chi connectivity index (χ3n) is 2.93. The lowest BCUT2D eigenvalue weighted by molar-refractivity contribution is 0.366. The summed E-state index contributed by atoms with van der Waals surface area (Å²) in [4.78, 5) is 0. The highest BCUT2D eigenvalue weighted by Crippen LogP contribution is 2.28. The summed E-state index contributed by atoms with van der Waals surface area (Å²) in [6.45, 7) is 1.27. The average molecular weight is 171 g/mol. The first-order valence-corrected chi connectivity index (χ1v) is 5.93. The minimum Gasteiger partial charge on any atom is -0.314 e. The molecule has 1 unspecified atom stereocenters. The van der Waals surface area contributed by atoms with Crippen LogP contribution in [0, 0.1) is 5.92 Å². The van der Waals surface area contributed by atoms with Crippen LogP contribution in [0.3, 0.4) is 0 Å². The lowest BCUT2D eigenvalue weighted by Crippen LogP contribution is -2.32. The van der Waals surface area contributed by atoms with Gasteiger partial charge in [-0.2, -0.15) is 11.8 Å². The van der Waals surface area contributed by atoms with Gasteiger partial charge in [-0.25, -0.2) is 0 Å². The highest BCUT2D eigenvalue weighted by molar-refractivity contribution is 7.99. The molecular weight excluding hydrogens is 154 g/mol. The molecule has 0 amide bonds. The van der Waals surface area contributed by atoms with Crippen molar-refractivity contribution in [1.29, 1.82) is 0 Å². The molecule has 11 heavy (non-hydrogen) atoms. The molecule has 2 heteroatoms. The van der Waals surface area contributed by atoms with Gasteiger partial charge in [0.2, 0.25) is 0 Å². The minimum atomic E-state index is 0.885. The summed E-state index contributed by atoms with van der Waals surface area (Å²) in [7, 11) is 0. The molecule has 0 spiro atoms. The van der Waals surface area contributed by atoms with Crippen molar-refractivity contribution in [2.75, 3.05) is 18.1 Å². The molecular formula is C9H17NS. The predicted molar refractivity (Wildman–Crippen MR) is 51.1 cm³/mol. The summed E-state index contributed by atoms with van der Waals surface area (Å²) >= 11 is 2.13. The fourth-order valence-electron chi connectivity index (χ4n) is 2.23. The second-order valence-electron chi connectivity index (χ2n) is 3.65. The van der Waals surface area contributed by atoms with Crippen LogP contribution < -0.4 is 5.32 Å². The van der Waals surface area contributed by atoms with E-state index in [1.165, 1.54) is 43.7 Å². The first-order chi connectivity index (χ1) is 5.47. The van der Waals surface area contributed by atoms with Crippen molar-refractivity contribution in [3.8, 4) is 0 Å². The van der Waals surface area contributed by atoms with Gasteiger partial charge in [-0.1, -0.05) is 0 Å². The number of thioether (sulfide) groups is 1. The second kappa shape index (κ2) is 3.81. The predicted octanol–water partition coefficient (Wildman–Crippen LogP) is 1.88. The van der Waals surface area contributed by atoms with E-state index < -0.39 is 0 Å². The van der Waals surface area contributed by atoms with E-state index in [0.717, 1.165) is 12.0 Å². The van der Waals surface area contributed by atoms with Gasteiger partial charge in [0.15, 0.2) is 0 Å². The van der Waals surface area contributed by atoms with Gasteiger partial charge in [0.05, 0.1) is 0 Å². The van der Waals surface area contributed by atoms with Gasteiger partial charge in [0.25, 0.3) is 0 Å². The topological polar surface area (TPSA) is 12.0 Å². The van der Waals surface area contributed by atoms with Crippen molar-refractivity contribution in [2.24, 2.45) is 5.92 Å². The van der Waals surface area contributed by atoms with Crippen molar-refractivity contribution >= 4 is 11.8 Å². The summed E-state index contributed by atoms with van der Waals surface area (Å²) in [5.74, 6) is 3.82. The Morgan fingerprint density at radius 2 is 1.91 bits per heavy atom. The lowest BCUT2D eigenvalue weighted by Gasteiger charge is -2.26. The van der Waals surface area contributed by atoms with E-state index in [0.29, 0.717) is 0 Å². The molecule has 2 heterocycles. The molecule has 1 nitrogen and oxygen atoms in total. The Balaban J connectivity index is 1.82. The summed E-state index contributed by atoms with van der Waals surface area (Å²) in [6, 6.07) is 0.885. The van der Waals surface area contributed by atoms with Crippen molar-refractivity contribution < 1.29 is 0 Å². The molecule has 0 bridgehead atoms. The third kappa shape index (κ3) is 1.91. The lowest BCUT2D eigenvalue weighted by atomic mass is 9.93. The van der Waals surface area contributed by atoms with Gasteiger partial charge < -0.3 is 5.32 Å². The van der Waals surface area contributed by atoms with Crippen LogP contribution in [-0.4, -0.2) is 24.1 Å². The zero-order valence-electron chi connectivity index (χ0n) is 7.01. The molecule has 2 aliphatic rings. The van der Waals surface area contributed by atoms with E-state index in [1.54, 1.807) is 0 Å². The van der Waals surface area contributed by atoms with Crippen LogP contribution in [-0.2, 0) is 0 Å². The molecule has 0 aromatic heterocycles. The van der Waals surface area contributed by atoms with Gasteiger partial charge in [-0.3, -0.25) is 0 Å². The maximum absolute atomic E-state index is 3.62. The minimum absolute atomic E-state index is 0.885. The Morgan fingerprint density at radius 3 is 2.55 bits per heavy atom. The second-order valence-corrected chi connectivity index (χ2v) is 4.88. The number of hydrogen-bond acceptors (Lipinski definition) is 2. The van der Waals surface area contributed by atoms with Gasteiger partial charge in [-0.05, 0) is 49.7 Å². The van der Waals surface area contributed by atoms with E-state index in [9.17, 15) is 0 Å². The van der Waals surface area contributed by atoms with Crippen molar-refractivity contribution in [2.45, 2.75) is 31.7 Å². The van der Waals surface area contributed by atoms with Crippen molar-refractivity contribution in [1.82, 2.24) is 5.32 Å². The van der Waals surface area contributed by atoms with Crippen LogP contribution in [0.1, 0.15) is 25.7 Å².